The van der Waals surface area contributed by atoms with E-state index in [-0.39, 0.29) is 6.54 Å². The summed E-state index contributed by atoms with van der Waals surface area (Å²) < 4.78 is 5.35. The van der Waals surface area contributed by atoms with Gasteiger partial charge >= 0.3 is 11.8 Å². The molecule has 0 aliphatic heterocycles. The van der Waals surface area contributed by atoms with Crippen LogP contribution < -0.4 is 10.6 Å². The molecule has 1 heterocycles. The van der Waals surface area contributed by atoms with Gasteiger partial charge < -0.3 is 15.1 Å². The molecule has 2 rings (SSSR count). The van der Waals surface area contributed by atoms with Crippen molar-refractivity contribution in [1.29, 1.82) is 0 Å². The van der Waals surface area contributed by atoms with Gasteiger partial charge in [0.05, 0.1) is 0 Å². The van der Waals surface area contributed by atoms with Crippen molar-refractivity contribution in [3.05, 3.63) is 53.5 Å². The standard InChI is InChI=1S/C15H16N2O3/c1-10-8-12(11(2)20-10)9-16-14(18)15(19)17-13-6-4-3-5-7-13/h3-8H,9H2,1-2H3,(H,16,18)(H,17,19). The maximum absolute atomic E-state index is 11.7. The van der Waals surface area contributed by atoms with Gasteiger partial charge in [0.15, 0.2) is 0 Å². The molecule has 0 aliphatic rings. The first-order valence-corrected chi connectivity index (χ1v) is 6.26. The topological polar surface area (TPSA) is 71.3 Å². The van der Waals surface area contributed by atoms with Gasteiger partial charge in [-0.15, -0.1) is 0 Å². The van der Waals surface area contributed by atoms with Crippen LogP contribution >= 0.6 is 0 Å². The van der Waals surface area contributed by atoms with Crippen LogP contribution in [0.5, 0.6) is 0 Å². The van der Waals surface area contributed by atoms with Crippen molar-refractivity contribution < 1.29 is 14.0 Å². The summed E-state index contributed by atoms with van der Waals surface area (Å²) in [6.07, 6.45) is 0. The van der Waals surface area contributed by atoms with Crippen molar-refractivity contribution >= 4 is 17.5 Å². The first-order valence-electron chi connectivity index (χ1n) is 6.26. The third-order valence-corrected chi connectivity index (χ3v) is 2.82. The van der Waals surface area contributed by atoms with Gasteiger partial charge in [0.1, 0.15) is 11.5 Å². The summed E-state index contributed by atoms with van der Waals surface area (Å²) in [6.45, 7) is 3.92. The molecule has 0 aliphatic carbocycles. The van der Waals surface area contributed by atoms with E-state index in [2.05, 4.69) is 10.6 Å². The fraction of sp³-hybridized carbons (Fsp3) is 0.200. The zero-order chi connectivity index (χ0) is 14.5. The van der Waals surface area contributed by atoms with E-state index in [1.807, 2.05) is 26.0 Å². The first-order chi connectivity index (χ1) is 9.56. The van der Waals surface area contributed by atoms with Gasteiger partial charge in [0, 0.05) is 17.8 Å². The van der Waals surface area contributed by atoms with Gasteiger partial charge in [-0.05, 0) is 32.0 Å². The summed E-state index contributed by atoms with van der Waals surface area (Å²) in [7, 11) is 0. The number of carbonyl (C=O) groups is 2. The number of hydrogen-bond acceptors (Lipinski definition) is 3. The second-order valence-electron chi connectivity index (χ2n) is 4.44. The highest BCUT2D eigenvalue weighted by molar-refractivity contribution is 6.39. The largest absolute Gasteiger partial charge is 0.466 e. The van der Waals surface area contributed by atoms with Crippen LogP contribution in [0.3, 0.4) is 0 Å². The molecule has 0 spiro atoms. The van der Waals surface area contributed by atoms with Crippen LogP contribution in [0.25, 0.3) is 0 Å². The number of rotatable bonds is 3. The predicted octanol–water partition coefficient (Wildman–Crippen LogP) is 2.15. The highest BCUT2D eigenvalue weighted by atomic mass is 16.3. The predicted molar refractivity (Wildman–Crippen MR) is 75.1 cm³/mol. The summed E-state index contributed by atoms with van der Waals surface area (Å²) in [5.41, 5.74) is 1.45. The summed E-state index contributed by atoms with van der Waals surface area (Å²) >= 11 is 0. The van der Waals surface area contributed by atoms with Crippen LogP contribution in [-0.2, 0) is 16.1 Å². The number of benzene rings is 1. The van der Waals surface area contributed by atoms with Crippen molar-refractivity contribution in [1.82, 2.24) is 5.32 Å². The van der Waals surface area contributed by atoms with E-state index in [9.17, 15) is 9.59 Å². The minimum Gasteiger partial charge on any atom is -0.466 e. The molecule has 5 heteroatoms. The highest BCUT2D eigenvalue weighted by Gasteiger charge is 2.14. The molecule has 0 unspecified atom stereocenters. The first kappa shape index (κ1) is 13.9. The molecule has 0 bridgehead atoms. The fourth-order valence-electron chi connectivity index (χ4n) is 1.82. The Morgan fingerprint density at radius 2 is 1.80 bits per heavy atom. The Labute approximate surface area is 117 Å². The Bertz CT molecular complexity index is 617. The number of aryl methyl sites for hydroxylation is 2. The molecule has 0 saturated carbocycles. The Kier molecular flexibility index (Phi) is 4.20. The molecular weight excluding hydrogens is 256 g/mol. The number of anilines is 1. The highest BCUT2D eigenvalue weighted by Crippen LogP contribution is 2.13. The lowest BCUT2D eigenvalue weighted by atomic mass is 10.2. The fourth-order valence-corrected chi connectivity index (χ4v) is 1.82. The van der Waals surface area contributed by atoms with Crippen molar-refractivity contribution in [2.45, 2.75) is 20.4 Å². The summed E-state index contributed by atoms with van der Waals surface area (Å²) in [5.74, 6) is 0.160. The van der Waals surface area contributed by atoms with Crippen LogP contribution in [0.1, 0.15) is 17.1 Å². The van der Waals surface area contributed by atoms with E-state index in [1.54, 1.807) is 24.3 Å². The average Bonchev–Trinajstić information content (AvgIpc) is 2.75. The average molecular weight is 272 g/mol. The molecule has 20 heavy (non-hydrogen) atoms. The number of para-hydroxylation sites is 1. The van der Waals surface area contributed by atoms with E-state index in [1.165, 1.54) is 0 Å². The molecule has 0 atom stereocenters. The normalized spacial score (nSPS) is 10.1. The van der Waals surface area contributed by atoms with E-state index in [0.717, 1.165) is 17.1 Å². The van der Waals surface area contributed by atoms with Gasteiger partial charge in [-0.3, -0.25) is 9.59 Å². The molecule has 0 radical (unpaired) electrons. The number of furan rings is 1. The summed E-state index contributed by atoms with van der Waals surface area (Å²) in [4.78, 5) is 23.4. The Morgan fingerprint density at radius 1 is 1.10 bits per heavy atom. The second kappa shape index (κ2) is 6.06. The van der Waals surface area contributed by atoms with Gasteiger partial charge in [-0.25, -0.2) is 0 Å². The lowest BCUT2D eigenvalue weighted by Gasteiger charge is -2.05. The minimum atomic E-state index is -0.686. The number of nitrogens with one attached hydrogen (secondary N) is 2. The van der Waals surface area contributed by atoms with Crippen LogP contribution in [-0.4, -0.2) is 11.8 Å². The van der Waals surface area contributed by atoms with Crippen LogP contribution in [0.15, 0.2) is 40.8 Å². The molecule has 2 N–H and O–H groups in total. The van der Waals surface area contributed by atoms with Crippen molar-refractivity contribution in [2.75, 3.05) is 5.32 Å². The van der Waals surface area contributed by atoms with Crippen LogP contribution in [0.2, 0.25) is 0 Å². The maximum atomic E-state index is 11.7. The molecule has 5 nitrogen and oxygen atoms in total. The van der Waals surface area contributed by atoms with E-state index >= 15 is 0 Å². The monoisotopic (exact) mass is 272 g/mol. The van der Waals surface area contributed by atoms with Crippen molar-refractivity contribution in [3.63, 3.8) is 0 Å². The number of carbonyl (C=O) groups excluding carboxylic acids is 2. The second-order valence-corrected chi connectivity index (χ2v) is 4.44. The molecule has 0 fully saturated rings. The number of amides is 2. The van der Waals surface area contributed by atoms with Crippen LogP contribution in [0, 0.1) is 13.8 Å². The van der Waals surface area contributed by atoms with E-state index in [4.69, 9.17) is 4.42 Å². The molecule has 1 aromatic heterocycles. The zero-order valence-corrected chi connectivity index (χ0v) is 11.4. The Balaban J connectivity index is 1.89. The van der Waals surface area contributed by atoms with E-state index in [0.29, 0.717) is 5.69 Å². The van der Waals surface area contributed by atoms with E-state index < -0.39 is 11.8 Å². The lowest BCUT2D eigenvalue weighted by molar-refractivity contribution is -0.136. The Hall–Kier alpha value is -2.56. The molecule has 104 valence electrons. The smallest absolute Gasteiger partial charge is 0.313 e. The van der Waals surface area contributed by atoms with Crippen LogP contribution in [0.4, 0.5) is 5.69 Å². The van der Waals surface area contributed by atoms with Crippen molar-refractivity contribution in [3.8, 4) is 0 Å². The van der Waals surface area contributed by atoms with Gasteiger partial charge in [0.2, 0.25) is 0 Å². The SMILES string of the molecule is Cc1cc(CNC(=O)C(=O)Nc2ccccc2)c(C)o1. The summed E-state index contributed by atoms with van der Waals surface area (Å²) in [5, 5.41) is 5.09. The molecule has 2 amide bonds. The molecule has 2 aromatic rings. The Morgan fingerprint density at radius 3 is 2.40 bits per heavy atom. The molecule has 0 saturated heterocycles. The molecule has 1 aromatic carbocycles. The number of hydrogen-bond donors (Lipinski definition) is 2. The molecular formula is C15H16N2O3. The maximum Gasteiger partial charge on any atom is 0.313 e. The van der Waals surface area contributed by atoms with Crippen molar-refractivity contribution in [2.24, 2.45) is 0 Å². The minimum absolute atomic E-state index is 0.268. The van der Waals surface area contributed by atoms with Gasteiger partial charge in [0.25, 0.3) is 0 Å². The zero-order valence-electron chi connectivity index (χ0n) is 11.4. The van der Waals surface area contributed by atoms with Gasteiger partial charge in [-0.2, -0.15) is 0 Å². The third kappa shape index (κ3) is 3.47. The quantitative estimate of drug-likeness (QED) is 0.841. The summed E-state index contributed by atoms with van der Waals surface area (Å²) in [6, 6.07) is 10.7. The van der Waals surface area contributed by atoms with Gasteiger partial charge in [-0.1, -0.05) is 18.2 Å². The third-order valence-electron chi connectivity index (χ3n) is 2.82. The lowest BCUT2D eigenvalue weighted by Crippen LogP contribution is -2.34.